The molecule has 2 rings (SSSR count). The van der Waals surface area contributed by atoms with Gasteiger partial charge in [0.05, 0.1) is 12.7 Å². The van der Waals surface area contributed by atoms with E-state index < -0.39 is 0 Å². The van der Waals surface area contributed by atoms with E-state index in [4.69, 9.17) is 4.74 Å². The van der Waals surface area contributed by atoms with Crippen molar-refractivity contribution in [3.05, 3.63) is 29.3 Å². The topological polar surface area (TPSA) is 41.6 Å². The molecule has 1 aromatic carbocycles. The highest BCUT2D eigenvalue weighted by Crippen LogP contribution is 2.25. The van der Waals surface area contributed by atoms with E-state index in [-0.39, 0.29) is 5.97 Å². The number of nitrogens with one attached hydrogen (secondary N) is 1. The first-order chi connectivity index (χ1) is 10.0. The van der Waals surface area contributed by atoms with Crippen LogP contribution in [0.4, 0.5) is 5.69 Å². The van der Waals surface area contributed by atoms with Crippen molar-refractivity contribution in [1.82, 2.24) is 4.90 Å². The molecule has 1 fully saturated rings. The average molecular weight is 290 g/mol. The Hall–Kier alpha value is -1.55. The summed E-state index contributed by atoms with van der Waals surface area (Å²) in [4.78, 5) is 14.0. The lowest BCUT2D eigenvalue weighted by Crippen LogP contribution is -2.37. The summed E-state index contributed by atoms with van der Waals surface area (Å²) in [5.74, 6) is 0.396. The number of esters is 1. The number of aryl methyl sites for hydroxylation is 1. The van der Waals surface area contributed by atoms with Crippen molar-refractivity contribution in [2.45, 2.75) is 32.7 Å². The molecule has 0 aromatic heterocycles. The number of hydrogen-bond donors (Lipinski definition) is 1. The molecule has 0 bridgehead atoms. The fraction of sp³-hybridized carbons (Fsp3) is 0.588. The Kier molecular flexibility index (Phi) is 5.23. The number of rotatable bonds is 4. The van der Waals surface area contributed by atoms with E-state index in [1.807, 2.05) is 18.2 Å². The minimum absolute atomic E-state index is 0.287. The predicted molar refractivity (Wildman–Crippen MR) is 85.8 cm³/mol. The molecule has 1 heterocycles. The Morgan fingerprint density at radius 2 is 2.05 bits per heavy atom. The van der Waals surface area contributed by atoms with Crippen LogP contribution in [-0.4, -0.2) is 44.2 Å². The van der Waals surface area contributed by atoms with Gasteiger partial charge in [0, 0.05) is 11.7 Å². The van der Waals surface area contributed by atoms with Crippen LogP contribution in [0.3, 0.4) is 0 Å². The highest BCUT2D eigenvalue weighted by Gasteiger charge is 2.22. The van der Waals surface area contributed by atoms with Crippen molar-refractivity contribution in [3.63, 3.8) is 0 Å². The molecule has 1 atom stereocenters. The molecule has 1 aliphatic heterocycles. The summed E-state index contributed by atoms with van der Waals surface area (Å²) in [5.41, 5.74) is 2.79. The van der Waals surface area contributed by atoms with Gasteiger partial charge >= 0.3 is 5.97 Å². The summed E-state index contributed by atoms with van der Waals surface area (Å²) >= 11 is 0. The lowest BCUT2D eigenvalue weighted by Gasteiger charge is -2.33. The van der Waals surface area contributed by atoms with Gasteiger partial charge in [0.2, 0.25) is 0 Å². The Labute approximate surface area is 127 Å². The number of hydrogen-bond acceptors (Lipinski definition) is 4. The minimum atomic E-state index is -0.287. The second-order valence-corrected chi connectivity index (χ2v) is 6.10. The zero-order valence-corrected chi connectivity index (χ0v) is 13.5. The van der Waals surface area contributed by atoms with Gasteiger partial charge in [-0.25, -0.2) is 4.79 Å². The molecule has 0 saturated carbocycles. The van der Waals surface area contributed by atoms with E-state index in [0.717, 1.165) is 24.3 Å². The summed E-state index contributed by atoms with van der Waals surface area (Å²) in [7, 11) is 3.59. The summed E-state index contributed by atoms with van der Waals surface area (Å²) < 4.78 is 4.79. The smallest absolute Gasteiger partial charge is 0.337 e. The molecule has 4 nitrogen and oxygen atoms in total. The zero-order chi connectivity index (χ0) is 15.4. The molecule has 1 aliphatic rings. The van der Waals surface area contributed by atoms with Crippen molar-refractivity contribution >= 4 is 11.7 Å². The molecule has 1 unspecified atom stereocenters. The van der Waals surface area contributed by atoms with Gasteiger partial charge < -0.3 is 15.0 Å². The predicted octanol–water partition coefficient (Wildman–Crippen LogP) is 2.92. The Bertz CT molecular complexity index is 494. The molecule has 0 amide bonds. The Balaban J connectivity index is 2.06. The molecule has 116 valence electrons. The van der Waals surface area contributed by atoms with Crippen LogP contribution in [0.25, 0.3) is 0 Å². The fourth-order valence-corrected chi connectivity index (χ4v) is 2.91. The summed E-state index contributed by atoms with van der Waals surface area (Å²) in [6.07, 6.45) is 2.45. The largest absolute Gasteiger partial charge is 0.465 e. The van der Waals surface area contributed by atoms with E-state index in [2.05, 4.69) is 31.1 Å². The monoisotopic (exact) mass is 290 g/mol. The van der Waals surface area contributed by atoms with E-state index in [0.29, 0.717) is 17.5 Å². The quantitative estimate of drug-likeness (QED) is 0.866. The van der Waals surface area contributed by atoms with E-state index in [9.17, 15) is 4.79 Å². The van der Waals surface area contributed by atoms with Gasteiger partial charge in [-0.1, -0.05) is 6.07 Å². The van der Waals surface area contributed by atoms with Crippen molar-refractivity contribution in [2.75, 3.05) is 32.6 Å². The van der Waals surface area contributed by atoms with E-state index in [1.165, 1.54) is 20.0 Å². The number of ether oxygens (including phenoxy) is 1. The van der Waals surface area contributed by atoms with E-state index >= 15 is 0 Å². The van der Waals surface area contributed by atoms with Gasteiger partial charge in [-0.3, -0.25) is 0 Å². The lowest BCUT2D eigenvalue weighted by atomic mass is 9.90. The van der Waals surface area contributed by atoms with Crippen LogP contribution >= 0.6 is 0 Å². The SMILES string of the molecule is COC(=O)c1ccc(C)c(NC(C)C2CCN(C)CC2)c1. The van der Waals surface area contributed by atoms with Crippen LogP contribution < -0.4 is 5.32 Å². The molecular weight excluding hydrogens is 264 g/mol. The number of nitrogens with zero attached hydrogens (tertiary/aromatic N) is 1. The average Bonchev–Trinajstić information content (AvgIpc) is 2.49. The number of likely N-dealkylation sites (tertiary alicyclic amines) is 1. The van der Waals surface area contributed by atoms with Crippen LogP contribution in [0.5, 0.6) is 0 Å². The molecule has 0 radical (unpaired) electrons. The maximum absolute atomic E-state index is 11.6. The van der Waals surface area contributed by atoms with Gasteiger partial charge in [0.25, 0.3) is 0 Å². The van der Waals surface area contributed by atoms with Crippen molar-refractivity contribution in [1.29, 1.82) is 0 Å². The van der Waals surface area contributed by atoms with Gasteiger partial charge in [0.1, 0.15) is 0 Å². The van der Waals surface area contributed by atoms with Crippen LogP contribution in [0.2, 0.25) is 0 Å². The standard InChI is InChI=1S/C17H26N2O2/c1-12-5-6-15(17(20)21-4)11-16(12)18-13(2)14-7-9-19(3)10-8-14/h5-6,11,13-14,18H,7-10H2,1-4H3. The lowest BCUT2D eigenvalue weighted by molar-refractivity contribution is 0.0601. The van der Waals surface area contributed by atoms with Crippen molar-refractivity contribution in [2.24, 2.45) is 5.92 Å². The number of piperidine rings is 1. The molecule has 0 aliphatic carbocycles. The second-order valence-electron chi connectivity index (χ2n) is 6.10. The third-order valence-electron chi connectivity index (χ3n) is 4.51. The molecule has 0 spiro atoms. The minimum Gasteiger partial charge on any atom is -0.465 e. The van der Waals surface area contributed by atoms with Crippen molar-refractivity contribution < 1.29 is 9.53 Å². The summed E-state index contributed by atoms with van der Waals surface area (Å²) in [5, 5.41) is 3.59. The van der Waals surface area contributed by atoms with Gasteiger partial charge in [-0.2, -0.15) is 0 Å². The first kappa shape index (κ1) is 15.8. The fourth-order valence-electron chi connectivity index (χ4n) is 2.91. The number of benzene rings is 1. The normalized spacial score (nSPS) is 18.3. The number of carbonyl (C=O) groups excluding carboxylic acids is 1. The highest BCUT2D eigenvalue weighted by molar-refractivity contribution is 5.90. The molecule has 1 aromatic rings. The van der Waals surface area contributed by atoms with Crippen molar-refractivity contribution in [3.8, 4) is 0 Å². The highest BCUT2D eigenvalue weighted by atomic mass is 16.5. The van der Waals surface area contributed by atoms with Crippen LogP contribution in [0.1, 0.15) is 35.7 Å². The number of carbonyl (C=O) groups is 1. The molecule has 4 heteroatoms. The summed E-state index contributed by atoms with van der Waals surface area (Å²) in [6.45, 7) is 6.63. The Morgan fingerprint density at radius 3 is 2.67 bits per heavy atom. The zero-order valence-electron chi connectivity index (χ0n) is 13.5. The first-order valence-corrected chi connectivity index (χ1v) is 7.65. The molecule has 1 N–H and O–H groups in total. The maximum Gasteiger partial charge on any atom is 0.337 e. The van der Waals surface area contributed by atoms with Crippen LogP contribution in [0.15, 0.2) is 18.2 Å². The number of methoxy groups -OCH3 is 1. The van der Waals surface area contributed by atoms with Gasteiger partial charge in [0.15, 0.2) is 0 Å². The third kappa shape index (κ3) is 3.97. The summed E-state index contributed by atoms with van der Waals surface area (Å²) in [6, 6.07) is 6.08. The van der Waals surface area contributed by atoms with Gasteiger partial charge in [-0.05, 0) is 70.4 Å². The molecule has 1 saturated heterocycles. The Morgan fingerprint density at radius 1 is 1.38 bits per heavy atom. The van der Waals surface area contributed by atoms with Crippen LogP contribution in [0, 0.1) is 12.8 Å². The second kappa shape index (κ2) is 6.94. The van der Waals surface area contributed by atoms with Crippen LogP contribution in [-0.2, 0) is 4.74 Å². The number of anilines is 1. The first-order valence-electron chi connectivity index (χ1n) is 7.65. The van der Waals surface area contributed by atoms with Gasteiger partial charge in [-0.15, -0.1) is 0 Å². The van der Waals surface area contributed by atoms with E-state index in [1.54, 1.807) is 0 Å². The maximum atomic E-state index is 11.6. The molecule has 21 heavy (non-hydrogen) atoms. The molecular formula is C17H26N2O2. The third-order valence-corrected chi connectivity index (χ3v) is 4.51.